The molecule has 3 rings (SSSR count). The first-order valence-electron chi connectivity index (χ1n) is 8.69. The average Bonchev–Trinajstić information content (AvgIpc) is 2.68. The minimum atomic E-state index is -0.250. The fourth-order valence-corrected chi connectivity index (χ4v) is 3.07. The number of carbonyl (C=O) groups is 2. The fraction of sp³-hybridized carbons (Fsp3) is 0.238. The van der Waals surface area contributed by atoms with Crippen molar-refractivity contribution >= 4 is 30.1 Å². The van der Waals surface area contributed by atoms with Crippen LogP contribution >= 0.6 is 11.6 Å². The second-order valence-corrected chi connectivity index (χ2v) is 6.52. The number of rotatable bonds is 4. The van der Waals surface area contributed by atoms with Gasteiger partial charge in [0.05, 0.1) is 0 Å². The van der Waals surface area contributed by atoms with Crippen molar-refractivity contribution in [2.24, 2.45) is 0 Å². The molecule has 0 atom stereocenters. The second-order valence-electron chi connectivity index (χ2n) is 6.08. The predicted molar refractivity (Wildman–Crippen MR) is 107 cm³/mol. The van der Waals surface area contributed by atoms with E-state index in [1.165, 1.54) is 5.56 Å². The molecule has 27 heavy (non-hydrogen) atoms. The van der Waals surface area contributed by atoms with Gasteiger partial charge in [-0.1, -0.05) is 54.1 Å². The number of amides is 1. The van der Waals surface area contributed by atoms with Gasteiger partial charge in [0.25, 0.3) is 6.47 Å². The predicted octanol–water partition coefficient (Wildman–Crippen LogP) is 3.40. The third-order valence-electron chi connectivity index (χ3n) is 4.20. The summed E-state index contributed by atoms with van der Waals surface area (Å²) < 4.78 is 0. The van der Waals surface area contributed by atoms with Crippen molar-refractivity contribution in [1.82, 2.24) is 9.80 Å². The van der Waals surface area contributed by atoms with E-state index in [0.29, 0.717) is 0 Å². The van der Waals surface area contributed by atoms with E-state index in [2.05, 4.69) is 11.0 Å². The van der Waals surface area contributed by atoms with Crippen molar-refractivity contribution in [3.63, 3.8) is 0 Å². The van der Waals surface area contributed by atoms with Gasteiger partial charge in [-0.2, -0.15) is 0 Å². The van der Waals surface area contributed by atoms with Crippen molar-refractivity contribution in [1.29, 1.82) is 0 Å². The number of benzene rings is 2. The van der Waals surface area contributed by atoms with Gasteiger partial charge in [0.2, 0.25) is 5.91 Å². The highest BCUT2D eigenvalue weighted by molar-refractivity contribution is 6.30. The Labute approximate surface area is 164 Å². The molecule has 0 bridgehead atoms. The molecule has 142 valence electrons. The van der Waals surface area contributed by atoms with Crippen molar-refractivity contribution in [3.05, 3.63) is 76.8 Å². The Morgan fingerprint density at radius 1 is 1.04 bits per heavy atom. The van der Waals surface area contributed by atoms with Crippen molar-refractivity contribution in [2.45, 2.75) is 6.54 Å². The third-order valence-corrected chi connectivity index (χ3v) is 4.43. The normalized spacial score (nSPS) is 14.5. The number of halogens is 1. The van der Waals surface area contributed by atoms with Gasteiger partial charge >= 0.3 is 0 Å². The zero-order chi connectivity index (χ0) is 19.5. The molecule has 0 radical (unpaired) electrons. The number of nitrogens with zero attached hydrogens (tertiary/aromatic N) is 2. The maximum Gasteiger partial charge on any atom is 0.290 e. The van der Waals surface area contributed by atoms with Crippen LogP contribution in [-0.2, 0) is 16.1 Å². The lowest BCUT2D eigenvalue weighted by atomic mass is 10.2. The van der Waals surface area contributed by atoms with E-state index in [1.54, 1.807) is 6.08 Å². The largest absolute Gasteiger partial charge is 0.483 e. The zero-order valence-electron chi connectivity index (χ0n) is 15.0. The van der Waals surface area contributed by atoms with Gasteiger partial charge in [0.1, 0.15) is 0 Å². The topological polar surface area (TPSA) is 60.9 Å². The monoisotopic (exact) mass is 386 g/mol. The van der Waals surface area contributed by atoms with Gasteiger partial charge in [-0.05, 0) is 29.3 Å². The van der Waals surface area contributed by atoms with Crippen LogP contribution in [0.4, 0.5) is 0 Å². The van der Waals surface area contributed by atoms with Gasteiger partial charge in [0, 0.05) is 43.8 Å². The minimum absolute atomic E-state index is 0.0845. The zero-order valence-corrected chi connectivity index (χ0v) is 15.8. The van der Waals surface area contributed by atoms with Crippen LogP contribution in [0.5, 0.6) is 0 Å². The van der Waals surface area contributed by atoms with Crippen LogP contribution in [0.1, 0.15) is 11.1 Å². The fourth-order valence-electron chi connectivity index (χ4n) is 2.86. The molecule has 1 N–H and O–H groups in total. The highest BCUT2D eigenvalue weighted by atomic mass is 35.5. The Hall–Kier alpha value is -2.63. The SMILES string of the molecule is O=C(/C=C/c1ccccc1)N1CCN(Cc2cccc(Cl)c2)CC1.O=CO. The summed E-state index contributed by atoms with van der Waals surface area (Å²) in [6.45, 7) is 3.92. The number of carboxylic acid groups (broad SMARTS) is 1. The van der Waals surface area contributed by atoms with Gasteiger partial charge in [-0.15, -0.1) is 0 Å². The molecule has 0 saturated carbocycles. The van der Waals surface area contributed by atoms with E-state index in [-0.39, 0.29) is 12.4 Å². The maximum absolute atomic E-state index is 12.3. The molecule has 0 unspecified atom stereocenters. The molecule has 1 aliphatic heterocycles. The van der Waals surface area contributed by atoms with Crippen LogP contribution in [0.3, 0.4) is 0 Å². The van der Waals surface area contributed by atoms with Crippen LogP contribution in [0.2, 0.25) is 5.02 Å². The molecule has 2 aromatic carbocycles. The lowest BCUT2D eigenvalue weighted by Gasteiger charge is -2.34. The van der Waals surface area contributed by atoms with Crippen molar-refractivity contribution in [3.8, 4) is 0 Å². The van der Waals surface area contributed by atoms with Crippen LogP contribution in [0.15, 0.2) is 60.7 Å². The molecular formula is C21H23ClN2O3. The van der Waals surface area contributed by atoms with Gasteiger partial charge < -0.3 is 10.0 Å². The maximum atomic E-state index is 12.3. The van der Waals surface area contributed by atoms with Gasteiger partial charge in [-0.25, -0.2) is 0 Å². The Kier molecular flexibility index (Phi) is 8.55. The molecule has 0 spiro atoms. The molecule has 1 saturated heterocycles. The average molecular weight is 387 g/mol. The van der Waals surface area contributed by atoms with Crippen LogP contribution in [0.25, 0.3) is 6.08 Å². The Morgan fingerprint density at radius 2 is 1.70 bits per heavy atom. The molecule has 0 aliphatic carbocycles. The summed E-state index contributed by atoms with van der Waals surface area (Å²) in [7, 11) is 0. The number of hydrogen-bond donors (Lipinski definition) is 1. The summed E-state index contributed by atoms with van der Waals surface area (Å²) in [6, 6.07) is 17.9. The summed E-state index contributed by atoms with van der Waals surface area (Å²) in [6.07, 6.45) is 3.54. The summed E-state index contributed by atoms with van der Waals surface area (Å²) in [5.41, 5.74) is 2.26. The van der Waals surface area contributed by atoms with E-state index in [4.69, 9.17) is 21.5 Å². The van der Waals surface area contributed by atoms with Crippen LogP contribution < -0.4 is 0 Å². The van der Waals surface area contributed by atoms with E-state index >= 15 is 0 Å². The lowest BCUT2D eigenvalue weighted by molar-refractivity contribution is -0.127. The first kappa shape index (κ1) is 20.7. The molecule has 6 heteroatoms. The van der Waals surface area contributed by atoms with Crippen molar-refractivity contribution < 1.29 is 14.7 Å². The second kappa shape index (κ2) is 11.2. The molecule has 1 heterocycles. The minimum Gasteiger partial charge on any atom is -0.483 e. The number of hydrogen-bond acceptors (Lipinski definition) is 3. The molecule has 1 amide bonds. The Morgan fingerprint density at radius 3 is 2.33 bits per heavy atom. The third kappa shape index (κ3) is 7.25. The molecule has 1 fully saturated rings. The first-order valence-corrected chi connectivity index (χ1v) is 9.07. The van der Waals surface area contributed by atoms with E-state index in [1.807, 2.05) is 59.5 Å². The highest BCUT2D eigenvalue weighted by Crippen LogP contribution is 2.14. The summed E-state index contributed by atoms with van der Waals surface area (Å²) in [5, 5.41) is 7.66. The summed E-state index contributed by atoms with van der Waals surface area (Å²) in [4.78, 5) is 24.9. The smallest absolute Gasteiger partial charge is 0.290 e. The first-order chi connectivity index (χ1) is 13.1. The standard InChI is InChI=1S/C20H21ClN2O.CH2O2/c21-19-8-4-7-18(15-19)16-22-11-13-23(14-12-22)20(24)10-9-17-5-2-1-3-6-17;2-1-3/h1-10,15H,11-14,16H2;1H,(H,2,3)/b10-9+;. The molecule has 5 nitrogen and oxygen atoms in total. The lowest BCUT2D eigenvalue weighted by Crippen LogP contribution is -2.47. The van der Waals surface area contributed by atoms with Crippen molar-refractivity contribution in [2.75, 3.05) is 26.2 Å². The van der Waals surface area contributed by atoms with E-state index in [9.17, 15) is 4.79 Å². The summed E-state index contributed by atoms with van der Waals surface area (Å²) in [5.74, 6) is 0.0845. The highest BCUT2D eigenvalue weighted by Gasteiger charge is 2.19. The number of carbonyl (C=O) groups excluding carboxylic acids is 1. The van der Waals surface area contributed by atoms with Crippen LogP contribution in [-0.4, -0.2) is 53.5 Å². The van der Waals surface area contributed by atoms with E-state index < -0.39 is 0 Å². The summed E-state index contributed by atoms with van der Waals surface area (Å²) >= 11 is 6.03. The quantitative estimate of drug-likeness (QED) is 0.646. The van der Waals surface area contributed by atoms with Crippen LogP contribution in [0, 0.1) is 0 Å². The van der Waals surface area contributed by atoms with E-state index in [0.717, 1.165) is 43.3 Å². The molecule has 2 aromatic rings. The molecular weight excluding hydrogens is 364 g/mol. The molecule has 1 aliphatic rings. The molecule has 0 aromatic heterocycles. The Balaban J connectivity index is 0.000000817. The van der Waals surface area contributed by atoms with Gasteiger partial charge in [-0.3, -0.25) is 14.5 Å². The number of piperazine rings is 1. The Bertz CT molecular complexity index is 757. The van der Waals surface area contributed by atoms with Gasteiger partial charge in [0.15, 0.2) is 0 Å².